The average Bonchev–Trinajstić information content (AvgIpc) is 2.15. The van der Waals surface area contributed by atoms with Gasteiger partial charge in [-0.05, 0) is 24.8 Å². The fourth-order valence-electron chi connectivity index (χ4n) is 2.43. The van der Waals surface area contributed by atoms with Crippen LogP contribution in [0.25, 0.3) is 0 Å². The molecule has 1 rings (SSSR count). The highest BCUT2D eigenvalue weighted by molar-refractivity contribution is 5.85. The summed E-state index contributed by atoms with van der Waals surface area (Å²) in [6.45, 7) is 3.87. The van der Waals surface area contributed by atoms with E-state index in [2.05, 4.69) is 12.2 Å². The van der Waals surface area contributed by atoms with Gasteiger partial charge in [-0.1, -0.05) is 26.2 Å². The number of rotatable bonds is 5. The molecule has 1 saturated carbocycles. The van der Waals surface area contributed by atoms with Crippen LogP contribution in [0.3, 0.4) is 0 Å². The third-order valence-corrected chi connectivity index (χ3v) is 3.19. The molecule has 1 aliphatic rings. The van der Waals surface area contributed by atoms with Crippen LogP contribution in [-0.2, 0) is 4.79 Å². The molecule has 0 unspecified atom stereocenters. The lowest BCUT2D eigenvalue weighted by atomic mass is 9.72. The summed E-state index contributed by atoms with van der Waals surface area (Å²) in [5.74, 6) is -0.648. The van der Waals surface area contributed by atoms with Crippen LogP contribution in [0.2, 0.25) is 0 Å². The second kappa shape index (κ2) is 7.07. The van der Waals surface area contributed by atoms with E-state index < -0.39 is 5.97 Å². The monoisotopic (exact) mass is 235 g/mol. The second-order valence-electron chi connectivity index (χ2n) is 4.41. The lowest BCUT2D eigenvalue weighted by Crippen LogP contribution is -2.37. The third-order valence-electron chi connectivity index (χ3n) is 3.19. The molecular weight excluding hydrogens is 214 g/mol. The van der Waals surface area contributed by atoms with Crippen molar-refractivity contribution in [1.82, 2.24) is 5.32 Å². The molecule has 0 atom stereocenters. The number of hydrogen-bond donors (Lipinski definition) is 2. The molecular formula is C11H22ClNO2. The van der Waals surface area contributed by atoms with Crippen LogP contribution >= 0.6 is 12.4 Å². The molecule has 0 spiro atoms. The Morgan fingerprint density at radius 2 is 1.93 bits per heavy atom. The Bertz CT molecular complexity index is 191. The molecule has 2 N–H and O–H groups in total. The van der Waals surface area contributed by atoms with Crippen LogP contribution in [0, 0.1) is 5.41 Å². The van der Waals surface area contributed by atoms with E-state index in [1.54, 1.807) is 0 Å². The molecule has 3 nitrogen and oxygen atoms in total. The number of carboxylic acids is 1. The van der Waals surface area contributed by atoms with Crippen molar-refractivity contribution in [1.29, 1.82) is 0 Å². The lowest BCUT2D eigenvalue weighted by Gasteiger charge is -2.36. The topological polar surface area (TPSA) is 49.3 Å². The van der Waals surface area contributed by atoms with Crippen molar-refractivity contribution < 1.29 is 9.90 Å². The van der Waals surface area contributed by atoms with Gasteiger partial charge in [-0.2, -0.15) is 0 Å². The minimum absolute atomic E-state index is 0. The van der Waals surface area contributed by atoms with Gasteiger partial charge in [0.05, 0.1) is 6.42 Å². The van der Waals surface area contributed by atoms with E-state index >= 15 is 0 Å². The second-order valence-corrected chi connectivity index (χ2v) is 4.41. The summed E-state index contributed by atoms with van der Waals surface area (Å²) in [7, 11) is 0. The summed E-state index contributed by atoms with van der Waals surface area (Å²) in [5, 5.41) is 12.2. The first-order valence-electron chi connectivity index (χ1n) is 5.61. The van der Waals surface area contributed by atoms with E-state index in [1.807, 2.05) is 0 Å². The zero-order chi connectivity index (χ0) is 10.4. The van der Waals surface area contributed by atoms with Crippen molar-refractivity contribution >= 4 is 18.4 Å². The fourth-order valence-corrected chi connectivity index (χ4v) is 2.43. The average molecular weight is 236 g/mol. The normalized spacial score (nSPS) is 19.3. The van der Waals surface area contributed by atoms with Gasteiger partial charge < -0.3 is 10.4 Å². The number of carbonyl (C=O) groups is 1. The summed E-state index contributed by atoms with van der Waals surface area (Å²) >= 11 is 0. The van der Waals surface area contributed by atoms with Crippen LogP contribution in [0.1, 0.15) is 45.4 Å². The van der Waals surface area contributed by atoms with Gasteiger partial charge in [0.25, 0.3) is 0 Å². The number of aliphatic carboxylic acids is 1. The first kappa shape index (κ1) is 14.7. The predicted molar refractivity (Wildman–Crippen MR) is 63.6 cm³/mol. The molecule has 0 radical (unpaired) electrons. The van der Waals surface area contributed by atoms with Crippen molar-refractivity contribution in [3.8, 4) is 0 Å². The number of hydrogen-bond acceptors (Lipinski definition) is 2. The summed E-state index contributed by atoms with van der Waals surface area (Å²) in [5.41, 5.74) is 0.0418. The number of halogens is 1. The molecule has 0 aliphatic heterocycles. The van der Waals surface area contributed by atoms with Gasteiger partial charge in [0.15, 0.2) is 0 Å². The fraction of sp³-hybridized carbons (Fsp3) is 0.909. The molecule has 90 valence electrons. The highest BCUT2D eigenvalue weighted by Crippen LogP contribution is 2.38. The molecule has 1 fully saturated rings. The molecule has 15 heavy (non-hydrogen) atoms. The Morgan fingerprint density at radius 3 is 2.40 bits per heavy atom. The first-order chi connectivity index (χ1) is 6.68. The highest BCUT2D eigenvalue weighted by Gasteiger charge is 2.33. The summed E-state index contributed by atoms with van der Waals surface area (Å²) in [6, 6.07) is 0. The quantitative estimate of drug-likeness (QED) is 0.770. The molecule has 0 aromatic carbocycles. The van der Waals surface area contributed by atoms with Gasteiger partial charge >= 0.3 is 5.97 Å². The largest absolute Gasteiger partial charge is 0.481 e. The van der Waals surface area contributed by atoms with Gasteiger partial charge in [0.2, 0.25) is 0 Å². The Morgan fingerprint density at radius 1 is 1.33 bits per heavy atom. The van der Waals surface area contributed by atoms with E-state index in [0.29, 0.717) is 6.42 Å². The first-order valence-corrected chi connectivity index (χ1v) is 5.61. The van der Waals surface area contributed by atoms with Crippen molar-refractivity contribution in [2.45, 2.75) is 45.4 Å². The van der Waals surface area contributed by atoms with Crippen molar-refractivity contribution in [3.63, 3.8) is 0 Å². The van der Waals surface area contributed by atoms with Gasteiger partial charge in [-0.3, -0.25) is 4.79 Å². The lowest BCUT2D eigenvalue weighted by molar-refractivity contribution is -0.140. The Labute approximate surface area is 98.0 Å². The highest BCUT2D eigenvalue weighted by atomic mass is 35.5. The molecule has 0 amide bonds. The maximum Gasteiger partial charge on any atom is 0.303 e. The van der Waals surface area contributed by atoms with Gasteiger partial charge in [0, 0.05) is 6.54 Å². The zero-order valence-corrected chi connectivity index (χ0v) is 10.2. The van der Waals surface area contributed by atoms with Crippen LogP contribution < -0.4 is 5.32 Å². The minimum Gasteiger partial charge on any atom is -0.481 e. The van der Waals surface area contributed by atoms with Crippen molar-refractivity contribution in [2.75, 3.05) is 13.1 Å². The molecule has 0 heterocycles. The minimum atomic E-state index is -0.648. The van der Waals surface area contributed by atoms with Crippen LogP contribution in [0.4, 0.5) is 0 Å². The molecule has 0 aromatic rings. The summed E-state index contributed by atoms with van der Waals surface area (Å²) in [4.78, 5) is 10.8. The zero-order valence-electron chi connectivity index (χ0n) is 9.42. The standard InChI is InChI=1S/C11H21NO2.ClH/c1-2-12-9-11(8-10(13)14)6-4-3-5-7-11;/h12H,2-9H2,1H3,(H,13,14);1H. The third kappa shape index (κ3) is 4.85. The molecule has 0 saturated heterocycles. The van der Waals surface area contributed by atoms with Crippen LogP contribution in [-0.4, -0.2) is 24.2 Å². The van der Waals surface area contributed by atoms with E-state index in [0.717, 1.165) is 25.9 Å². The maximum absolute atomic E-state index is 10.8. The Hall–Kier alpha value is -0.280. The van der Waals surface area contributed by atoms with E-state index in [4.69, 9.17) is 5.11 Å². The molecule has 0 aromatic heterocycles. The number of nitrogens with one attached hydrogen (secondary N) is 1. The van der Waals surface area contributed by atoms with Crippen LogP contribution in [0.5, 0.6) is 0 Å². The smallest absolute Gasteiger partial charge is 0.303 e. The van der Waals surface area contributed by atoms with Crippen molar-refractivity contribution in [3.05, 3.63) is 0 Å². The maximum atomic E-state index is 10.8. The Kier molecular flexibility index (Phi) is 6.94. The SMILES string of the molecule is CCNCC1(CC(=O)O)CCCCC1.Cl. The van der Waals surface area contributed by atoms with Gasteiger partial charge in [-0.25, -0.2) is 0 Å². The van der Waals surface area contributed by atoms with E-state index in [-0.39, 0.29) is 17.8 Å². The molecule has 4 heteroatoms. The molecule has 1 aliphatic carbocycles. The summed E-state index contributed by atoms with van der Waals surface area (Å²) in [6.07, 6.45) is 6.14. The summed E-state index contributed by atoms with van der Waals surface area (Å²) < 4.78 is 0. The van der Waals surface area contributed by atoms with E-state index in [9.17, 15) is 4.79 Å². The van der Waals surface area contributed by atoms with Gasteiger partial charge in [0.1, 0.15) is 0 Å². The molecule has 0 bridgehead atoms. The predicted octanol–water partition coefficient (Wildman–Crippen LogP) is 2.44. The Balaban J connectivity index is 0.00000196. The van der Waals surface area contributed by atoms with Crippen LogP contribution in [0.15, 0.2) is 0 Å². The van der Waals surface area contributed by atoms with Gasteiger partial charge in [-0.15, -0.1) is 12.4 Å². The van der Waals surface area contributed by atoms with Crippen molar-refractivity contribution in [2.24, 2.45) is 5.41 Å². The number of carboxylic acid groups (broad SMARTS) is 1. The van der Waals surface area contributed by atoms with E-state index in [1.165, 1.54) is 19.3 Å².